The summed E-state index contributed by atoms with van der Waals surface area (Å²) in [6, 6.07) is 1.55. The molecule has 0 aliphatic rings. The van der Waals surface area contributed by atoms with Gasteiger partial charge < -0.3 is 9.72 Å². The Kier molecular flexibility index (Phi) is 2.87. The van der Waals surface area contributed by atoms with E-state index in [4.69, 9.17) is 0 Å². The van der Waals surface area contributed by atoms with Crippen LogP contribution >= 0.6 is 15.9 Å². The molecule has 1 heterocycles. The van der Waals surface area contributed by atoms with E-state index in [1.165, 1.54) is 7.11 Å². The lowest BCUT2D eigenvalue weighted by Crippen LogP contribution is -2.15. The molecule has 0 radical (unpaired) electrons. The molecule has 0 aliphatic heterocycles. The molecule has 70 valence electrons. The first-order valence-electron chi connectivity index (χ1n) is 3.54. The van der Waals surface area contributed by atoms with E-state index >= 15 is 0 Å². The fourth-order valence-corrected chi connectivity index (χ4v) is 1.11. The van der Waals surface area contributed by atoms with Crippen molar-refractivity contribution in [3.8, 4) is 0 Å². The van der Waals surface area contributed by atoms with Crippen LogP contribution in [-0.4, -0.2) is 18.1 Å². The number of halogens is 1. The largest absolute Gasteiger partial charge is 0.464 e. The Morgan fingerprint density at radius 1 is 1.62 bits per heavy atom. The van der Waals surface area contributed by atoms with E-state index in [1.807, 2.05) is 0 Å². The van der Waals surface area contributed by atoms with Crippen molar-refractivity contribution in [2.24, 2.45) is 0 Å². The van der Waals surface area contributed by atoms with Crippen molar-refractivity contribution in [1.29, 1.82) is 0 Å². The lowest BCUT2D eigenvalue weighted by Gasteiger charge is -2.01. The molecule has 0 saturated carbocycles. The number of aromatic amines is 1. The average Bonchev–Trinajstić information content (AvgIpc) is 2.12. The van der Waals surface area contributed by atoms with Crippen LogP contribution < -0.4 is 5.56 Å². The van der Waals surface area contributed by atoms with Gasteiger partial charge in [0.25, 0.3) is 5.56 Å². The minimum atomic E-state index is -0.548. The topological polar surface area (TPSA) is 59.2 Å². The molecule has 5 heteroatoms. The van der Waals surface area contributed by atoms with Crippen LogP contribution in [0.15, 0.2) is 15.3 Å². The second-order valence-corrected chi connectivity index (χ2v) is 3.29. The summed E-state index contributed by atoms with van der Waals surface area (Å²) in [4.78, 5) is 24.6. The van der Waals surface area contributed by atoms with Crippen LogP contribution in [-0.2, 0) is 4.74 Å². The van der Waals surface area contributed by atoms with Gasteiger partial charge in [-0.2, -0.15) is 0 Å². The number of H-pyrrole nitrogens is 1. The maximum Gasteiger partial charge on any atom is 0.354 e. The van der Waals surface area contributed by atoms with Crippen LogP contribution in [0.2, 0.25) is 0 Å². The predicted octanol–water partition coefficient (Wildman–Crippen LogP) is 1.23. The first-order valence-corrected chi connectivity index (χ1v) is 4.33. The molecular formula is C8H8BrNO3. The van der Waals surface area contributed by atoms with Gasteiger partial charge in [0.05, 0.1) is 11.6 Å². The molecule has 0 amide bonds. The SMILES string of the molecule is COC(=O)c1cc(C)c(Br)c(=O)[nH]1. The second kappa shape index (κ2) is 3.74. The number of rotatable bonds is 1. The Morgan fingerprint density at radius 3 is 2.69 bits per heavy atom. The molecule has 0 unspecified atom stereocenters. The van der Waals surface area contributed by atoms with Gasteiger partial charge in [-0.25, -0.2) is 4.79 Å². The summed E-state index contributed by atoms with van der Waals surface area (Å²) >= 11 is 3.09. The number of ether oxygens (including phenoxy) is 1. The molecule has 0 aliphatic carbocycles. The Balaban J connectivity index is 3.29. The standard InChI is InChI=1S/C8H8BrNO3/c1-4-3-5(8(12)13-2)10-7(11)6(4)9/h3H,1-2H3,(H,10,11). The lowest BCUT2D eigenvalue weighted by atomic mass is 10.2. The van der Waals surface area contributed by atoms with Crippen molar-refractivity contribution < 1.29 is 9.53 Å². The Morgan fingerprint density at radius 2 is 2.23 bits per heavy atom. The number of esters is 1. The smallest absolute Gasteiger partial charge is 0.354 e. The zero-order chi connectivity index (χ0) is 10.0. The quantitative estimate of drug-likeness (QED) is 0.758. The summed E-state index contributed by atoms with van der Waals surface area (Å²) in [6.45, 7) is 1.73. The van der Waals surface area contributed by atoms with Crippen LogP contribution in [0.5, 0.6) is 0 Å². The first kappa shape index (κ1) is 9.98. The number of carbonyl (C=O) groups is 1. The molecule has 1 rings (SSSR count). The number of nitrogens with one attached hydrogen (secondary N) is 1. The van der Waals surface area contributed by atoms with Gasteiger partial charge in [-0.15, -0.1) is 0 Å². The summed E-state index contributed by atoms with van der Waals surface area (Å²) in [5.74, 6) is -0.548. The van der Waals surface area contributed by atoms with Crippen LogP contribution in [0.4, 0.5) is 0 Å². The van der Waals surface area contributed by atoms with Crippen LogP contribution in [0, 0.1) is 6.92 Å². The van der Waals surface area contributed by atoms with E-state index in [0.29, 0.717) is 10.0 Å². The maximum absolute atomic E-state index is 11.2. The fourth-order valence-electron chi connectivity index (χ4n) is 0.892. The normalized spacial score (nSPS) is 9.77. The van der Waals surface area contributed by atoms with Crippen LogP contribution in [0.1, 0.15) is 16.1 Å². The predicted molar refractivity (Wildman–Crippen MR) is 50.8 cm³/mol. The zero-order valence-corrected chi connectivity index (χ0v) is 8.77. The van der Waals surface area contributed by atoms with E-state index in [2.05, 4.69) is 25.7 Å². The number of pyridine rings is 1. The molecule has 0 atom stereocenters. The minimum Gasteiger partial charge on any atom is -0.464 e. The van der Waals surface area contributed by atoms with E-state index in [0.717, 1.165) is 0 Å². The number of carbonyl (C=O) groups excluding carboxylic acids is 1. The highest BCUT2D eigenvalue weighted by Gasteiger charge is 2.09. The number of hydrogen-bond donors (Lipinski definition) is 1. The molecule has 0 spiro atoms. The van der Waals surface area contributed by atoms with Crippen molar-refractivity contribution >= 4 is 21.9 Å². The van der Waals surface area contributed by atoms with Crippen molar-refractivity contribution in [1.82, 2.24) is 4.98 Å². The highest BCUT2D eigenvalue weighted by Crippen LogP contribution is 2.10. The minimum absolute atomic E-state index is 0.160. The van der Waals surface area contributed by atoms with E-state index < -0.39 is 5.97 Å². The van der Waals surface area contributed by atoms with E-state index in [1.54, 1.807) is 13.0 Å². The summed E-state index contributed by atoms with van der Waals surface area (Å²) < 4.78 is 4.89. The van der Waals surface area contributed by atoms with Crippen molar-refractivity contribution in [2.75, 3.05) is 7.11 Å². The molecule has 1 aromatic heterocycles. The van der Waals surface area contributed by atoms with E-state index in [-0.39, 0.29) is 11.3 Å². The third-order valence-corrected chi connectivity index (χ3v) is 2.55. The summed E-state index contributed by atoms with van der Waals surface area (Å²) in [6.07, 6.45) is 0. The van der Waals surface area contributed by atoms with Gasteiger partial charge in [-0.1, -0.05) is 0 Å². The molecule has 1 aromatic rings. The van der Waals surface area contributed by atoms with Gasteiger partial charge in [0.1, 0.15) is 5.69 Å². The first-order chi connectivity index (χ1) is 6.06. The van der Waals surface area contributed by atoms with Crippen LogP contribution in [0.25, 0.3) is 0 Å². The molecule has 0 fully saturated rings. The van der Waals surface area contributed by atoms with Gasteiger partial charge >= 0.3 is 5.97 Å². The molecule has 4 nitrogen and oxygen atoms in total. The lowest BCUT2D eigenvalue weighted by molar-refractivity contribution is 0.0593. The second-order valence-electron chi connectivity index (χ2n) is 2.50. The highest BCUT2D eigenvalue weighted by atomic mass is 79.9. The number of aromatic nitrogens is 1. The van der Waals surface area contributed by atoms with Gasteiger partial charge in [-0.3, -0.25) is 4.79 Å². The van der Waals surface area contributed by atoms with E-state index in [9.17, 15) is 9.59 Å². The fraction of sp³-hybridized carbons (Fsp3) is 0.250. The van der Waals surface area contributed by atoms with Crippen molar-refractivity contribution in [3.63, 3.8) is 0 Å². The van der Waals surface area contributed by atoms with Crippen LogP contribution in [0.3, 0.4) is 0 Å². The average molecular weight is 246 g/mol. The van der Waals surface area contributed by atoms with Gasteiger partial charge in [0, 0.05) is 0 Å². The Bertz CT molecular complexity index is 397. The molecule has 0 bridgehead atoms. The third-order valence-electron chi connectivity index (χ3n) is 1.56. The zero-order valence-electron chi connectivity index (χ0n) is 7.18. The maximum atomic E-state index is 11.2. The van der Waals surface area contributed by atoms with Crippen molar-refractivity contribution in [3.05, 3.63) is 32.2 Å². The van der Waals surface area contributed by atoms with Gasteiger partial charge in [0.15, 0.2) is 0 Å². The number of methoxy groups -OCH3 is 1. The molecule has 0 aromatic carbocycles. The summed E-state index contributed by atoms with van der Waals surface area (Å²) in [5, 5.41) is 0. The molecule has 0 saturated heterocycles. The van der Waals surface area contributed by atoms with Gasteiger partial charge in [-0.05, 0) is 34.5 Å². The van der Waals surface area contributed by atoms with Crippen molar-refractivity contribution in [2.45, 2.75) is 6.92 Å². The number of aryl methyl sites for hydroxylation is 1. The van der Waals surface area contributed by atoms with Gasteiger partial charge in [0.2, 0.25) is 0 Å². The monoisotopic (exact) mass is 245 g/mol. The molecule has 1 N–H and O–H groups in total. The highest BCUT2D eigenvalue weighted by molar-refractivity contribution is 9.10. The Labute approximate surface area is 83.1 Å². The third kappa shape index (κ3) is 1.98. The number of hydrogen-bond acceptors (Lipinski definition) is 3. The molecular weight excluding hydrogens is 238 g/mol. The summed E-state index contributed by atoms with van der Waals surface area (Å²) in [5.41, 5.74) is 0.526. The molecule has 13 heavy (non-hydrogen) atoms. The summed E-state index contributed by atoms with van der Waals surface area (Å²) in [7, 11) is 1.26. The Hall–Kier alpha value is -1.10.